The van der Waals surface area contributed by atoms with Gasteiger partial charge in [0, 0.05) is 38.0 Å². The van der Waals surface area contributed by atoms with Crippen LogP contribution in [0.3, 0.4) is 0 Å². The van der Waals surface area contributed by atoms with Gasteiger partial charge in [0.15, 0.2) is 0 Å². The topological polar surface area (TPSA) is 53.4 Å². The fourth-order valence-electron chi connectivity index (χ4n) is 1.57. The van der Waals surface area contributed by atoms with E-state index in [0.717, 1.165) is 0 Å². The lowest BCUT2D eigenvalue weighted by Crippen LogP contribution is -2.51. The monoisotopic (exact) mass is 226 g/mol. The number of hydrogen-bond donors (Lipinski definition) is 1. The number of carbonyl (C=O) groups excluding carboxylic acids is 1. The first-order chi connectivity index (χ1) is 7.22. The van der Waals surface area contributed by atoms with E-state index in [0.29, 0.717) is 23.7 Å². The van der Waals surface area contributed by atoms with Crippen molar-refractivity contribution in [2.45, 2.75) is 0 Å². The van der Waals surface area contributed by atoms with Crippen LogP contribution >= 0.6 is 11.6 Å². The van der Waals surface area contributed by atoms with Crippen LogP contribution < -0.4 is 0 Å². The molecule has 4 nitrogen and oxygen atoms in total. The van der Waals surface area contributed by atoms with Gasteiger partial charge in [-0.25, -0.2) is 0 Å². The number of hydrogen-bond acceptors (Lipinski definition) is 3. The van der Waals surface area contributed by atoms with Crippen LogP contribution in [0, 0.1) is 5.92 Å². The Labute approximate surface area is 92.5 Å². The minimum atomic E-state index is -0.0906. The number of halogens is 1. The van der Waals surface area contributed by atoms with Crippen molar-refractivity contribution >= 4 is 17.5 Å². The number of likely N-dealkylation sites (tertiary alicyclic amines) is 1. The van der Waals surface area contributed by atoms with E-state index in [1.54, 1.807) is 17.2 Å². The minimum Gasteiger partial charge on any atom is -0.396 e. The lowest BCUT2D eigenvalue weighted by Gasteiger charge is -2.38. The first-order valence-corrected chi connectivity index (χ1v) is 5.10. The van der Waals surface area contributed by atoms with Crippen LogP contribution in [0.5, 0.6) is 0 Å². The minimum absolute atomic E-state index is 0.0906. The third-order valence-corrected chi connectivity index (χ3v) is 2.81. The van der Waals surface area contributed by atoms with Crippen molar-refractivity contribution in [3.05, 3.63) is 29.0 Å². The van der Waals surface area contributed by atoms with Gasteiger partial charge in [0.2, 0.25) is 0 Å². The first kappa shape index (κ1) is 10.4. The Balaban J connectivity index is 2.07. The number of aliphatic hydroxyl groups is 1. The highest BCUT2D eigenvalue weighted by molar-refractivity contribution is 6.33. The Morgan fingerprint density at radius 2 is 2.40 bits per heavy atom. The van der Waals surface area contributed by atoms with Crippen molar-refractivity contribution in [2.75, 3.05) is 19.7 Å². The molecule has 2 heterocycles. The summed E-state index contributed by atoms with van der Waals surface area (Å²) in [4.78, 5) is 17.3. The number of aromatic nitrogens is 1. The van der Waals surface area contributed by atoms with Crippen molar-refractivity contribution in [3.8, 4) is 0 Å². The summed E-state index contributed by atoms with van der Waals surface area (Å²) in [7, 11) is 0. The second-order valence-electron chi connectivity index (χ2n) is 3.61. The van der Waals surface area contributed by atoms with E-state index in [9.17, 15) is 4.79 Å². The Morgan fingerprint density at radius 1 is 1.67 bits per heavy atom. The first-order valence-electron chi connectivity index (χ1n) is 4.72. The molecule has 0 spiro atoms. The zero-order chi connectivity index (χ0) is 10.8. The van der Waals surface area contributed by atoms with E-state index in [1.165, 1.54) is 6.20 Å². The van der Waals surface area contributed by atoms with Gasteiger partial charge >= 0.3 is 0 Å². The molecule has 1 amide bonds. The fourth-order valence-corrected chi connectivity index (χ4v) is 1.77. The number of amides is 1. The number of nitrogens with zero attached hydrogens (tertiary/aromatic N) is 2. The molecule has 0 radical (unpaired) electrons. The molecule has 1 aliphatic rings. The summed E-state index contributed by atoms with van der Waals surface area (Å²) in [6, 6.07) is 1.61. The summed E-state index contributed by atoms with van der Waals surface area (Å²) in [5.74, 6) is 0.127. The van der Waals surface area contributed by atoms with Crippen LogP contribution in [0.25, 0.3) is 0 Å². The van der Waals surface area contributed by atoms with E-state index in [2.05, 4.69) is 4.98 Å². The highest BCUT2D eigenvalue weighted by Gasteiger charge is 2.31. The van der Waals surface area contributed by atoms with Crippen molar-refractivity contribution in [2.24, 2.45) is 5.92 Å². The zero-order valence-corrected chi connectivity index (χ0v) is 8.81. The van der Waals surface area contributed by atoms with E-state index in [-0.39, 0.29) is 18.4 Å². The van der Waals surface area contributed by atoms with Crippen LogP contribution in [-0.4, -0.2) is 40.6 Å². The molecule has 0 bridgehead atoms. The molecular formula is C10H11ClN2O2. The van der Waals surface area contributed by atoms with E-state index < -0.39 is 0 Å². The predicted octanol–water partition coefficient (Wildman–Crippen LogP) is 0.799. The third kappa shape index (κ3) is 1.96. The SMILES string of the molecule is O=C(c1ccncc1Cl)N1CC(CO)C1. The average molecular weight is 227 g/mol. The second kappa shape index (κ2) is 4.16. The predicted molar refractivity (Wildman–Crippen MR) is 55.7 cm³/mol. The molecular weight excluding hydrogens is 216 g/mol. The maximum Gasteiger partial charge on any atom is 0.255 e. The van der Waals surface area contributed by atoms with Crippen molar-refractivity contribution in [3.63, 3.8) is 0 Å². The van der Waals surface area contributed by atoms with E-state index in [4.69, 9.17) is 16.7 Å². The molecule has 0 unspecified atom stereocenters. The second-order valence-corrected chi connectivity index (χ2v) is 4.02. The van der Waals surface area contributed by atoms with Crippen molar-refractivity contribution < 1.29 is 9.90 Å². The van der Waals surface area contributed by atoms with Crippen molar-refractivity contribution in [1.82, 2.24) is 9.88 Å². The lowest BCUT2D eigenvalue weighted by atomic mass is 10.0. The highest BCUT2D eigenvalue weighted by atomic mass is 35.5. The lowest BCUT2D eigenvalue weighted by molar-refractivity contribution is 0.0362. The van der Waals surface area contributed by atoms with Crippen LogP contribution in [-0.2, 0) is 0 Å². The van der Waals surface area contributed by atoms with Gasteiger partial charge in [-0.1, -0.05) is 11.6 Å². The van der Waals surface area contributed by atoms with Gasteiger partial charge in [-0.15, -0.1) is 0 Å². The van der Waals surface area contributed by atoms with Gasteiger partial charge in [-0.3, -0.25) is 9.78 Å². The molecule has 1 fully saturated rings. The molecule has 0 saturated carbocycles. The van der Waals surface area contributed by atoms with E-state index >= 15 is 0 Å². The van der Waals surface area contributed by atoms with Crippen molar-refractivity contribution in [1.29, 1.82) is 0 Å². The molecule has 1 saturated heterocycles. The van der Waals surface area contributed by atoms with Gasteiger partial charge in [-0.05, 0) is 6.07 Å². The number of rotatable bonds is 2. The molecule has 1 N–H and O–H groups in total. The average Bonchev–Trinajstić information content (AvgIpc) is 2.16. The molecule has 1 aromatic rings. The molecule has 1 aromatic heterocycles. The van der Waals surface area contributed by atoms with Gasteiger partial charge in [0.1, 0.15) is 0 Å². The molecule has 0 atom stereocenters. The summed E-state index contributed by atoms with van der Waals surface area (Å²) >= 11 is 5.86. The molecule has 0 aliphatic carbocycles. The number of pyridine rings is 1. The molecule has 0 aromatic carbocycles. The summed E-state index contributed by atoms with van der Waals surface area (Å²) in [6.45, 7) is 1.34. The van der Waals surface area contributed by atoms with Crippen LogP contribution in [0.2, 0.25) is 5.02 Å². The quantitative estimate of drug-likeness (QED) is 0.812. The molecule has 80 valence electrons. The standard InChI is InChI=1S/C10H11ClN2O2/c11-9-3-12-2-1-8(9)10(15)13-4-7(5-13)6-14/h1-3,7,14H,4-6H2. The van der Waals surface area contributed by atoms with E-state index in [1.807, 2.05) is 0 Å². The Hall–Kier alpha value is -1.13. The highest BCUT2D eigenvalue weighted by Crippen LogP contribution is 2.21. The molecule has 1 aliphatic heterocycles. The van der Waals surface area contributed by atoms with Crippen LogP contribution in [0.4, 0.5) is 0 Å². The Morgan fingerprint density at radius 3 is 3.00 bits per heavy atom. The smallest absolute Gasteiger partial charge is 0.255 e. The van der Waals surface area contributed by atoms with Crippen LogP contribution in [0.15, 0.2) is 18.5 Å². The molecule has 15 heavy (non-hydrogen) atoms. The summed E-state index contributed by atoms with van der Waals surface area (Å²) in [5.41, 5.74) is 0.475. The normalized spacial score (nSPS) is 16.3. The Kier molecular flexibility index (Phi) is 2.88. The van der Waals surface area contributed by atoms with Gasteiger partial charge in [0.25, 0.3) is 5.91 Å². The molecule has 5 heteroatoms. The third-order valence-electron chi connectivity index (χ3n) is 2.51. The number of carbonyl (C=O) groups is 1. The summed E-state index contributed by atoms with van der Waals surface area (Å²) in [5, 5.41) is 9.21. The largest absolute Gasteiger partial charge is 0.396 e. The summed E-state index contributed by atoms with van der Waals surface area (Å²) < 4.78 is 0. The Bertz CT molecular complexity index is 377. The maximum absolute atomic E-state index is 11.8. The maximum atomic E-state index is 11.8. The zero-order valence-electron chi connectivity index (χ0n) is 8.06. The van der Waals surface area contributed by atoms with Gasteiger partial charge in [-0.2, -0.15) is 0 Å². The number of aliphatic hydroxyl groups excluding tert-OH is 1. The molecule has 2 rings (SSSR count). The fraction of sp³-hybridized carbons (Fsp3) is 0.400. The summed E-state index contributed by atoms with van der Waals surface area (Å²) in [6.07, 6.45) is 3.00. The van der Waals surface area contributed by atoms with Gasteiger partial charge in [0.05, 0.1) is 10.6 Å². The van der Waals surface area contributed by atoms with Crippen LogP contribution in [0.1, 0.15) is 10.4 Å². The van der Waals surface area contributed by atoms with Gasteiger partial charge < -0.3 is 10.0 Å².